The van der Waals surface area contributed by atoms with Crippen LogP contribution >= 0.6 is 0 Å². The third-order valence-corrected chi connectivity index (χ3v) is 3.79. The molecule has 0 atom stereocenters. The summed E-state index contributed by atoms with van der Waals surface area (Å²) in [7, 11) is 0. The van der Waals surface area contributed by atoms with Gasteiger partial charge in [0.15, 0.2) is 0 Å². The zero-order valence-corrected chi connectivity index (χ0v) is 13.9. The van der Waals surface area contributed by atoms with E-state index in [-0.39, 0.29) is 18.1 Å². The third kappa shape index (κ3) is 4.08. The molecule has 0 bridgehead atoms. The molecule has 26 heavy (non-hydrogen) atoms. The molecule has 0 heterocycles. The van der Waals surface area contributed by atoms with E-state index in [0.29, 0.717) is 22.6 Å². The van der Waals surface area contributed by atoms with Gasteiger partial charge in [-0.2, -0.15) is 0 Å². The van der Waals surface area contributed by atoms with Crippen molar-refractivity contribution < 1.29 is 19.4 Å². The Hall–Kier alpha value is -3.60. The van der Waals surface area contributed by atoms with Gasteiger partial charge in [0.1, 0.15) is 12.4 Å². The number of aromatic carboxylic acids is 1. The van der Waals surface area contributed by atoms with Crippen LogP contribution in [0.3, 0.4) is 0 Å². The third-order valence-electron chi connectivity index (χ3n) is 3.79. The van der Waals surface area contributed by atoms with Gasteiger partial charge in [0.2, 0.25) is 0 Å². The Labute approximate surface area is 150 Å². The maximum absolute atomic E-state index is 12.5. The van der Waals surface area contributed by atoms with E-state index < -0.39 is 5.97 Å². The molecule has 0 spiro atoms. The van der Waals surface area contributed by atoms with Crippen molar-refractivity contribution in [3.8, 4) is 5.75 Å². The van der Waals surface area contributed by atoms with E-state index in [1.165, 1.54) is 6.07 Å². The smallest absolute Gasteiger partial charge is 0.336 e. The Bertz CT molecular complexity index is 922. The maximum Gasteiger partial charge on any atom is 0.336 e. The Kier molecular flexibility index (Phi) is 5.29. The van der Waals surface area contributed by atoms with Crippen molar-refractivity contribution in [1.29, 1.82) is 0 Å². The highest BCUT2D eigenvalue weighted by Gasteiger charge is 2.14. The van der Waals surface area contributed by atoms with Crippen molar-refractivity contribution >= 4 is 17.6 Å². The summed E-state index contributed by atoms with van der Waals surface area (Å²) >= 11 is 0. The van der Waals surface area contributed by atoms with E-state index in [2.05, 4.69) is 5.32 Å². The van der Waals surface area contributed by atoms with Gasteiger partial charge in [-0.1, -0.05) is 48.5 Å². The van der Waals surface area contributed by atoms with Crippen LogP contribution in [0.15, 0.2) is 78.9 Å². The number of ether oxygens (including phenoxy) is 1. The van der Waals surface area contributed by atoms with Crippen LogP contribution in [-0.4, -0.2) is 17.0 Å². The average Bonchev–Trinajstić information content (AvgIpc) is 2.67. The van der Waals surface area contributed by atoms with Crippen molar-refractivity contribution in [2.24, 2.45) is 0 Å². The normalized spacial score (nSPS) is 10.2. The van der Waals surface area contributed by atoms with E-state index in [1.807, 2.05) is 18.2 Å². The van der Waals surface area contributed by atoms with Crippen LogP contribution in [0.2, 0.25) is 0 Å². The highest BCUT2D eigenvalue weighted by Crippen LogP contribution is 2.22. The zero-order valence-electron chi connectivity index (χ0n) is 13.9. The minimum atomic E-state index is -1.01. The average molecular weight is 347 g/mol. The molecule has 130 valence electrons. The molecular weight excluding hydrogens is 330 g/mol. The van der Waals surface area contributed by atoms with Gasteiger partial charge in [-0.05, 0) is 30.3 Å². The first kappa shape index (κ1) is 17.2. The monoisotopic (exact) mass is 347 g/mol. The number of carboxylic acids is 1. The summed E-state index contributed by atoms with van der Waals surface area (Å²) in [4.78, 5) is 23.8. The molecule has 5 heteroatoms. The van der Waals surface area contributed by atoms with Crippen molar-refractivity contribution in [2.75, 3.05) is 5.32 Å². The van der Waals surface area contributed by atoms with Crippen molar-refractivity contribution in [3.63, 3.8) is 0 Å². The number of carbonyl (C=O) groups excluding carboxylic acids is 1. The molecule has 0 fully saturated rings. The lowest BCUT2D eigenvalue weighted by Gasteiger charge is -2.13. The summed E-state index contributed by atoms with van der Waals surface area (Å²) in [5, 5.41) is 12.1. The number of para-hydroxylation sites is 2. The predicted molar refractivity (Wildman–Crippen MR) is 98.6 cm³/mol. The fourth-order valence-electron chi connectivity index (χ4n) is 2.51. The van der Waals surface area contributed by atoms with E-state index >= 15 is 0 Å². The van der Waals surface area contributed by atoms with Crippen molar-refractivity contribution in [3.05, 3.63) is 95.6 Å². The standard InChI is InChI=1S/C21H17NO4/c23-20(22-16-9-2-1-3-10-16)18-12-6-7-13-19(18)26-14-15-8-4-5-11-17(15)21(24)25/h1-13H,14H2,(H,22,23)(H,24,25). The molecule has 0 aliphatic carbocycles. The Balaban J connectivity index is 1.78. The lowest BCUT2D eigenvalue weighted by Crippen LogP contribution is -2.14. The van der Waals surface area contributed by atoms with Gasteiger partial charge >= 0.3 is 5.97 Å². The number of hydrogen-bond donors (Lipinski definition) is 2. The van der Waals surface area contributed by atoms with E-state index in [1.54, 1.807) is 54.6 Å². The maximum atomic E-state index is 12.5. The highest BCUT2D eigenvalue weighted by molar-refractivity contribution is 6.06. The highest BCUT2D eigenvalue weighted by atomic mass is 16.5. The van der Waals surface area contributed by atoms with E-state index in [0.717, 1.165) is 0 Å². The molecule has 0 radical (unpaired) electrons. The molecule has 3 rings (SSSR count). The van der Waals surface area contributed by atoms with Gasteiger partial charge in [-0.3, -0.25) is 4.79 Å². The molecule has 3 aromatic rings. The Morgan fingerprint density at radius 2 is 1.42 bits per heavy atom. The minimum Gasteiger partial charge on any atom is -0.488 e. The van der Waals surface area contributed by atoms with Gasteiger partial charge in [0, 0.05) is 11.3 Å². The van der Waals surface area contributed by atoms with Gasteiger partial charge < -0.3 is 15.2 Å². The summed E-state index contributed by atoms with van der Waals surface area (Å²) in [6.45, 7) is 0.0537. The summed E-state index contributed by atoms with van der Waals surface area (Å²) in [6, 6.07) is 22.6. The molecule has 3 aromatic carbocycles. The van der Waals surface area contributed by atoms with Gasteiger partial charge in [-0.15, -0.1) is 0 Å². The first-order valence-corrected chi connectivity index (χ1v) is 8.04. The summed E-state index contributed by atoms with van der Waals surface area (Å²) in [5.41, 5.74) is 1.78. The predicted octanol–water partition coefficient (Wildman–Crippen LogP) is 4.22. The Morgan fingerprint density at radius 1 is 0.808 bits per heavy atom. The van der Waals surface area contributed by atoms with Crippen LogP contribution < -0.4 is 10.1 Å². The number of amides is 1. The lowest BCUT2D eigenvalue weighted by molar-refractivity contribution is 0.0693. The van der Waals surface area contributed by atoms with Crippen LogP contribution in [0.5, 0.6) is 5.75 Å². The minimum absolute atomic E-state index is 0.0537. The van der Waals surface area contributed by atoms with Gasteiger partial charge in [-0.25, -0.2) is 4.79 Å². The second-order valence-electron chi connectivity index (χ2n) is 5.57. The zero-order chi connectivity index (χ0) is 18.4. The molecule has 2 N–H and O–H groups in total. The van der Waals surface area contributed by atoms with Crippen LogP contribution in [-0.2, 0) is 6.61 Å². The lowest BCUT2D eigenvalue weighted by atomic mass is 10.1. The van der Waals surface area contributed by atoms with Crippen molar-refractivity contribution in [2.45, 2.75) is 6.61 Å². The quantitative estimate of drug-likeness (QED) is 0.700. The molecule has 0 saturated heterocycles. The molecule has 1 amide bonds. The topological polar surface area (TPSA) is 75.6 Å². The summed E-state index contributed by atoms with van der Waals surface area (Å²) in [6.07, 6.45) is 0. The Morgan fingerprint density at radius 3 is 2.15 bits per heavy atom. The van der Waals surface area contributed by atoms with E-state index in [4.69, 9.17) is 4.74 Å². The molecule has 0 saturated carbocycles. The van der Waals surface area contributed by atoms with Crippen LogP contribution in [0.4, 0.5) is 5.69 Å². The second kappa shape index (κ2) is 7.98. The fraction of sp³-hybridized carbons (Fsp3) is 0.0476. The number of carbonyl (C=O) groups is 2. The first-order valence-electron chi connectivity index (χ1n) is 8.04. The number of carboxylic acid groups (broad SMARTS) is 1. The molecule has 5 nitrogen and oxygen atoms in total. The molecule has 0 aliphatic heterocycles. The second-order valence-corrected chi connectivity index (χ2v) is 5.57. The number of hydrogen-bond acceptors (Lipinski definition) is 3. The van der Waals surface area contributed by atoms with Crippen LogP contribution in [0, 0.1) is 0 Å². The molecule has 0 aliphatic rings. The van der Waals surface area contributed by atoms with Crippen LogP contribution in [0.25, 0.3) is 0 Å². The first-order chi connectivity index (χ1) is 12.6. The number of anilines is 1. The van der Waals surface area contributed by atoms with Gasteiger partial charge in [0.05, 0.1) is 11.1 Å². The van der Waals surface area contributed by atoms with Crippen LogP contribution in [0.1, 0.15) is 26.3 Å². The van der Waals surface area contributed by atoms with Crippen molar-refractivity contribution in [1.82, 2.24) is 0 Å². The molecule has 0 unspecified atom stereocenters. The fourth-order valence-corrected chi connectivity index (χ4v) is 2.51. The molecule has 0 aromatic heterocycles. The summed E-state index contributed by atoms with van der Waals surface area (Å²) < 4.78 is 5.75. The summed E-state index contributed by atoms with van der Waals surface area (Å²) in [5.74, 6) is -0.918. The largest absolute Gasteiger partial charge is 0.488 e. The number of rotatable bonds is 6. The number of nitrogens with one attached hydrogen (secondary N) is 1. The SMILES string of the molecule is O=C(O)c1ccccc1COc1ccccc1C(=O)Nc1ccccc1. The van der Waals surface area contributed by atoms with Gasteiger partial charge in [0.25, 0.3) is 5.91 Å². The van der Waals surface area contributed by atoms with E-state index in [9.17, 15) is 14.7 Å². The number of benzene rings is 3. The molecular formula is C21H17NO4.